The lowest BCUT2D eigenvalue weighted by Gasteiger charge is -2.07. The highest BCUT2D eigenvalue weighted by atomic mass is 79.9. The van der Waals surface area contributed by atoms with Crippen molar-refractivity contribution in [3.63, 3.8) is 0 Å². The van der Waals surface area contributed by atoms with Crippen LogP contribution in [0.5, 0.6) is 0 Å². The summed E-state index contributed by atoms with van der Waals surface area (Å²) in [6.45, 7) is 5.42. The molecule has 2 aromatic rings. The van der Waals surface area contributed by atoms with Crippen molar-refractivity contribution in [1.82, 2.24) is 15.1 Å². The molecule has 0 bridgehead atoms. The topological polar surface area (TPSA) is 46.9 Å². The number of nitrogens with one attached hydrogen (secondary N) is 1. The monoisotopic (exact) mass is 413 g/mol. The Morgan fingerprint density at radius 2 is 2.10 bits per heavy atom. The van der Waals surface area contributed by atoms with E-state index in [1.807, 2.05) is 36.7 Å². The average molecular weight is 415 g/mol. The SMILES string of the molecule is Cc1nn(CCCNC(=O)c2cccc(Br)c2)c(C)c1Br. The fourth-order valence-electron chi connectivity index (χ4n) is 2.06. The third-order valence-electron chi connectivity index (χ3n) is 3.21. The van der Waals surface area contributed by atoms with Crippen LogP contribution in [0.15, 0.2) is 33.2 Å². The maximum atomic E-state index is 12.0. The third-order valence-corrected chi connectivity index (χ3v) is 4.85. The molecule has 0 atom stereocenters. The van der Waals surface area contributed by atoms with Crippen molar-refractivity contribution < 1.29 is 4.79 Å². The number of benzene rings is 1. The summed E-state index contributed by atoms with van der Waals surface area (Å²) in [7, 11) is 0. The van der Waals surface area contributed by atoms with Gasteiger partial charge in [-0.2, -0.15) is 5.10 Å². The molecule has 112 valence electrons. The maximum Gasteiger partial charge on any atom is 0.251 e. The van der Waals surface area contributed by atoms with E-state index in [9.17, 15) is 4.79 Å². The van der Waals surface area contributed by atoms with Crippen molar-refractivity contribution in [3.05, 3.63) is 50.2 Å². The van der Waals surface area contributed by atoms with Crippen LogP contribution in [0.1, 0.15) is 28.2 Å². The number of nitrogens with zero attached hydrogens (tertiary/aromatic N) is 2. The highest BCUT2D eigenvalue weighted by molar-refractivity contribution is 9.10. The number of hydrogen-bond donors (Lipinski definition) is 1. The van der Waals surface area contributed by atoms with Crippen molar-refractivity contribution in [1.29, 1.82) is 0 Å². The highest BCUT2D eigenvalue weighted by Gasteiger charge is 2.09. The Bertz CT molecular complexity index is 652. The Hall–Kier alpha value is -1.14. The lowest BCUT2D eigenvalue weighted by atomic mass is 10.2. The van der Waals surface area contributed by atoms with Gasteiger partial charge in [0.2, 0.25) is 0 Å². The second-order valence-electron chi connectivity index (χ2n) is 4.83. The average Bonchev–Trinajstić information content (AvgIpc) is 2.71. The molecular weight excluding hydrogens is 398 g/mol. The Labute approximate surface area is 141 Å². The van der Waals surface area contributed by atoms with E-state index in [4.69, 9.17) is 0 Å². The molecule has 0 aliphatic rings. The van der Waals surface area contributed by atoms with Gasteiger partial charge in [-0.3, -0.25) is 9.48 Å². The van der Waals surface area contributed by atoms with E-state index in [1.54, 1.807) is 6.07 Å². The van der Waals surface area contributed by atoms with Crippen LogP contribution < -0.4 is 5.32 Å². The Morgan fingerprint density at radius 1 is 1.33 bits per heavy atom. The van der Waals surface area contributed by atoms with Crippen LogP contribution >= 0.6 is 31.9 Å². The largest absolute Gasteiger partial charge is 0.352 e. The van der Waals surface area contributed by atoms with Gasteiger partial charge in [0.05, 0.1) is 10.2 Å². The summed E-state index contributed by atoms with van der Waals surface area (Å²) >= 11 is 6.88. The molecule has 1 amide bonds. The Morgan fingerprint density at radius 3 is 2.71 bits per heavy atom. The van der Waals surface area contributed by atoms with Crippen molar-refractivity contribution in [2.75, 3.05) is 6.54 Å². The summed E-state index contributed by atoms with van der Waals surface area (Å²) in [6.07, 6.45) is 0.841. The molecule has 6 heteroatoms. The number of carbonyl (C=O) groups is 1. The molecule has 1 aromatic carbocycles. The standard InChI is InChI=1S/C15H17Br2N3O/c1-10-14(17)11(2)20(19-10)8-4-7-18-15(21)12-5-3-6-13(16)9-12/h3,5-6,9H,4,7-8H2,1-2H3,(H,18,21). The quantitative estimate of drug-likeness (QED) is 0.755. The normalized spacial score (nSPS) is 10.7. The summed E-state index contributed by atoms with van der Waals surface area (Å²) < 4.78 is 3.92. The summed E-state index contributed by atoms with van der Waals surface area (Å²) in [5.41, 5.74) is 2.77. The minimum absolute atomic E-state index is 0.0501. The molecule has 0 saturated carbocycles. The first-order valence-electron chi connectivity index (χ1n) is 6.72. The molecule has 0 spiro atoms. The summed E-state index contributed by atoms with van der Waals surface area (Å²) in [5.74, 6) is -0.0501. The van der Waals surface area contributed by atoms with Crippen LogP contribution in [0.4, 0.5) is 0 Å². The molecule has 0 unspecified atom stereocenters. The molecule has 0 fully saturated rings. The number of aromatic nitrogens is 2. The van der Waals surface area contributed by atoms with Gasteiger partial charge >= 0.3 is 0 Å². The van der Waals surface area contributed by atoms with Crippen LogP contribution in [-0.4, -0.2) is 22.2 Å². The zero-order valence-electron chi connectivity index (χ0n) is 12.0. The number of carbonyl (C=O) groups excluding carboxylic acids is 1. The number of hydrogen-bond acceptors (Lipinski definition) is 2. The van der Waals surface area contributed by atoms with E-state index in [-0.39, 0.29) is 5.91 Å². The number of amides is 1. The van der Waals surface area contributed by atoms with E-state index in [1.165, 1.54) is 0 Å². The maximum absolute atomic E-state index is 12.0. The van der Waals surface area contributed by atoms with Gasteiger partial charge in [0.25, 0.3) is 5.91 Å². The fraction of sp³-hybridized carbons (Fsp3) is 0.333. The molecule has 0 saturated heterocycles. The summed E-state index contributed by atoms with van der Waals surface area (Å²) in [6, 6.07) is 7.37. The van der Waals surface area contributed by atoms with Gasteiger partial charge in [-0.15, -0.1) is 0 Å². The van der Waals surface area contributed by atoms with Gasteiger partial charge in [-0.05, 0) is 54.4 Å². The summed E-state index contributed by atoms with van der Waals surface area (Å²) in [4.78, 5) is 12.0. The number of halogens is 2. The van der Waals surface area contributed by atoms with E-state index < -0.39 is 0 Å². The lowest BCUT2D eigenvalue weighted by Crippen LogP contribution is -2.25. The fourth-order valence-corrected chi connectivity index (χ4v) is 2.74. The zero-order chi connectivity index (χ0) is 15.4. The smallest absolute Gasteiger partial charge is 0.251 e. The third kappa shape index (κ3) is 4.17. The highest BCUT2D eigenvalue weighted by Crippen LogP contribution is 2.19. The molecule has 1 heterocycles. The van der Waals surface area contributed by atoms with E-state index in [0.717, 1.165) is 33.3 Å². The Balaban J connectivity index is 1.82. The minimum atomic E-state index is -0.0501. The van der Waals surface area contributed by atoms with Gasteiger partial charge in [0.15, 0.2) is 0 Å². The van der Waals surface area contributed by atoms with Crippen LogP contribution in [0, 0.1) is 13.8 Å². The van der Waals surface area contributed by atoms with E-state index in [0.29, 0.717) is 12.1 Å². The minimum Gasteiger partial charge on any atom is -0.352 e. The van der Waals surface area contributed by atoms with Crippen molar-refractivity contribution in [2.24, 2.45) is 0 Å². The molecular formula is C15H17Br2N3O. The first kappa shape index (κ1) is 16.2. The van der Waals surface area contributed by atoms with Gasteiger partial charge < -0.3 is 5.32 Å². The van der Waals surface area contributed by atoms with Crippen LogP contribution in [-0.2, 0) is 6.54 Å². The predicted octanol–water partition coefficient (Wildman–Crippen LogP) is 3.85. The molecule has 1 aromatic heterocycles. The van der Waals surface area contributed by atoms with Gasteiger partial charge in [-0.1, -0.05) is 22.0 Å². The molecule has 0 aliphatic carbocycles. The van der Waals surface area contributed by atoms with Gasteiger partial charge in [0, 0.05) is 28.8 Å². The molecule has 0 aliphatic heterocycles. The number of aryl methyl sites for hydroxylation is 2. The molecule has 4 nitrogen and oxygen atoms in total. The lowest BCUT2D eigenvalue weighted by molar-refractivity contribution is 0.0952. The number of rotatable bonds is 5. The van der Waals surface area contributed by atoms with E-state index >= 15 is 0 Å². The van der Waals surface area contributed by atoms with Crippen molar-refractivity contribution in [2.45, 2.75) is 26.8 Å². The van der Waals surface area contributed by atoms with Crippen molar-refractivity contribution >= 4 is 37.8 Å². The second kappa shape index (κ2) is 7.22. The molecule has 2 rings (SSSR count). The van der Waals surface area contributed by atoms with Gasteiger partial charge in [0.1, 0.15) is 0 Å². The zero-order valence-corrected chi connectivity index (χ0v) is 15.2. The first-order valence-corrected chi connectivity index (χ1v) is 8.31. The second-order valence-corrected chi connectivity index (χ2v) is 6.54. The van der Waals surface area contributed by atoms with Crippen LogP contribution in [0.2, 0.25) is 0 Å². The Kier molecular flexibility index (Phi) is 5.58. The summed E-state index contributed by atoms with van der Waals surface area (Å²) in [5, 5.41) is 7.37. The van der Waals surface area contributed by atoms with Crippen molar-refractivity contribution in [3.8, 4) is 0 Å². The molecule has 0 radical (unpaired) electrons. The van der Waals surface area contributed by atoms with Crippen LogP contribution in [0.25, 0.3) is 0 Å². The van der Waals surface area contributed by atoms with E-state index in [2.05, 4.69) is 42.3 Å². The molecule has 21 heavy (non-hydrogen) atoms. The molecule has 1 N–H and O–H groups in total. The predicted molar refractivity (Wildman–Crippen MR) is 90.5 cm³/mol. The van der Waals surface area contributed by atoms with Crippen LogP contribution in [0.3, 0.4) is 0 Å². The first-order chi connectivity index (χ1) is 9.99. The van der Waals surface area contributed by atoms with Gasteiger partial charge in [-0.25, -0.2) is 0 Å².